The van der Waals surface area contributed by atoms with Gasteiger partial charge in [-0.25, -0.2) is 15.0 Å². The van der Waals surface area contributed by atoms with Crippen LogP contribution in [-0.4, -0.2) is 19.9 Å². The molecule has 0 aliphatic carbocycles. The van der Waals surface area contributed by atoms with Gasteiger partial charge < -0.3 is 10.3 Å². The number of para-hydroxylation sites is 1. The van der Waals surface area contributed by atoms with E-state index in [-0.39, 0.29) is 0 Å². The molecule has 0 unspecified atom stereocenters. The van der Waals surface area contributed by atoms with E-state index in [2.05, 4.69) is 26.3 Å². The number of hydrogen-bond acceptors (Lipinski definition) is 4. The molecule has 142 valence electrons. The Bertz CT molecular complexity index is 1350. The van der Waals surface area contributed by atoms with E-state index >= 15 is 0 Å². The fourth-order valence-electron chi connectivity index (χ4n) is 3.41. The van der Waals surface area contributed by atoms with Crippen LogP contribution < -0.4 is 5.32 Å². The van der Waals surface area contributed by atoms with Crippen molar-refractivity contribution in [3.63, 3.8) is 0 Å². The van der Waals surface area contributed by atoms with Gasteiger partial charge in [-0.2, -0.15) is 0 Å². The van der Waals surface area contributed by atoms with E-state index < -0.39 is 0 Å². The summed E-state index contributed by atoms with van der Waals surface area (Å²) in [6, 6.07) is 17.5. The van der Waals surface area contributed by atoms with Crippen LogP contribution in [0.15, 0.2) is 67.1 Å². The van der Waals surface area contributed by atoms with E-state index in [9.17, 15) is 0 Å². The third-order valence-electron chi connectivity index (χ3n) is 4.79. The van der Waals surface area contributed by atoms with Crippen LogP contribution >= 0.6 is 23.2 Å². The summed E-state index contributed by atoms with van der Waals surface area (Å²) in [6.45, 7) is 0.544. The standard InChI is InChI=1S/C22H15Cl2N5/c23-16-6-2-1-5-15(16)19-14(10-13-4-3-7-17(24)20(13)29-19)11-26-18-8-9-25-22-21(18)27-12-28-22/h1-10,12H,11H2,(H2,25,26,27,28). The maximum absolute atomic E-state index is 6.49. The molecule has 0 amide bonds. The molecule has 0 spiro atoms. The van der Waals surface area contributed by atoms with Crippen molar-refractivity contribution >= 4 is 51.0 Å². The number of fused-ring (bicyclic) bond motifs is 2. The predicted octanol–water partition coefficient (Wildman–Crippen LogP) is 6.09. The van der Waals surface area contributed by atoms with Gasteiger partial charge in [0.1, 0.15) is 5.52 Å². The fourth-order valence-corrected chi connectivity index (χ4v) is 3.86. The van der Waals surface area contributed by atoms with Crippen LogP contribution in [0.25, 0.3) is 33.3 Å². The molecular formula is C22H15Cl2N5. The van der Waals surface area contributed by atoms with Gasteiger partial charge in [0.05, 0.1) is 28.2 Å². The van der Waals surface area contributed by atoms with Gasteiger partial charge in [-0.1, -0.05) is 53.5 Å². The van der Waals surface area contributed by atoms with Gasteiger partial charge in [0, 0.05) is 28.7 Å². The lowest BCUT2D eigenvalue weighted by Gasteiger charge is -2.14. The van der Waals surface area contributed by atoms with Crippen LogP contribution in [-0.2, 0) is 6.54 Å². The number of nitrogens with one attached hydrogen (secondary N) is 2. The first-order chi connectivity index (χ1) is 14.2. The smallest absolute Gasteiger partial charge is 0.159 e. The first-order valence-corrected chi connectivity index (χ1v) is 9.81. The molecule has 29 heavy (non-hydrogen) atoms. The molecule has 0 fully saturated rings. The molecule has 0 aliphatic rings. The van der Waals surface area contributed by atoms with Gasteiger partial charge >= 0.3 is 0 Å². The van der Waals surface area contributed by atoms with Gasteiger partial charge in [0.15, 0.2) is 5.65 Å². The number of halogens is 2. The van der Waals surface area contributed by atoms with Crippen molar-refractivity contribution in [1.82, 2.24) is 19.9 Å². The third-order valence-corrected chi connectivity index (χ3v) is 5.43. The molecule has 3 aromatic heterocycles. The number of anilines is 1. The van der Waals surface area contributed by atoms with E-state index in [1.807, 2.05) is 48.5 Å². The number of nitrogens with zero attached hydrogens (tertiary/aromatic N) is 3. The Morgan fingerprint density at radius 1 is 0.897 bits per heavy atom. The van der Waals surface area contributed by atoms with Gasteiger partial charge in [-0.3, -0.25) is 0 Å². The van der Waals surface area contributed by atoms with Crippen LogP contribution in [0, 0.1) is 0 Å². The molecule has 3 heterocycles. The minimum atomic E-state index is 0.544. The molecule has 0 saturated carbocycles. The summed E-state index contributed by atoms with van der Waals surface area (Å²) in [4.78, 5) is 16.5. The number of benzene rings is 2. The Balaban J connectivity index is 1.63. The van der Waals surface area contributed by atoms with Crippen LogP contribution in [0.1, 0.15) is 5.56 Å². The maximum atomic E-state index is 6.49. The first-order valence-electron chi connectivity index (χ1n) is 9.06. The molecule has 0 radical (unpaired) electrons. The van der Waals surface area contributed by atoms with Gasteiger partial charge in [0.2, 0.25) is 0 Å². The van der Waals surface area contributed by atoms with Crippen molar-refractivity contribution in [1.29, 1.82) is 0 Å². The summed E-state index contributed by atoms with van der Waals surface area (Å²) in [5, 5.41) is 5.70. The SMILES string of the molecule is Clc1ccccc1-c1nc2c(Cl)cccc2cc1CNc1ccnc2[nH]cnc12. The van der Waals surface area contributed by atoms with Crippen molar-refractivity contribution in [2.75, 3.05) is 5.32 Å². The fraction of sp³-hybridized carbons (Fsp3) is 0.0455. The van der Waals surface area contributed by atoms with Gasteiger partial charge in [0.25, 0.3) is 0 Å². The summed E-state index contributed by atoms with van der Waals surface area (Å²) in [6.07, 6.45) is 3.38. The summed E-state index contributed by atoms with van der Waals surface area (Å²) >= 11 is 12.9. The van der Waals surface area contributed by atoms with E-state index in [0.29, 0.717) is 16.6 Å². The van der Waals surface area contributed by atoms with Gasteiger partial charge in [-0.05, 0) is 29.8 Å². The van der Waals surface area contributed by atoms with E-state index in [4.69, 9.17) is 28.2 Å². The molecule has 2 aromatic carbocycles. The van der Waals surface area contributed by atoms with Crippen molar-refractivity contribution in [2.45, 2.75) is 6.54 Å². The maximum Gasteiger partial charge on any atom is 0.159 e. The first kappa shape index (κ1) is 17.9. The zero-order valence-corrected chi connectivity index (χ0v) is 16.7. The average molecular weight is 420 g/mol. The number of aromatic amines is 1. The van der Waals surface area contributed by atoms with Crippen molar-refractivity contribution in [2.24, 2.45) is 0 Å². The minimum absolute atomic E-state index is 0.544. The molecule has 0 atom stereocenters. The van der Waals surface area contributed by atoms with Crippen molar-refractivity contribution in [3.05, 3.63) is 82.7 Å². The second-order valence-corrected chi connectivity index (χ2v) is 7.41. The molecule has 0 aliphatic heterocycles. The molecule has 5 nitrogen and oxygen atoms in total. The Kier molecular flexibility index (Phi) is 4.54. The zero-order chi connectivity index (χ0) is 19.8. The highest BCUT2D eigenvalue weighted by Gasteiger charge is 2.14. The van der Waals surface area contributed by atoms with E-state index in [1.165, 1.54) is 0 Å². The number of pyridine rings is 2. The third kappa shape index (κ3) is 3.28. The zero-order valence-electron chi connectivity index (χ0n) is 15.2. The molecule has 0 saturated heterocycles. The number of aromatic nitrogens is 4. The second kappa shape index (κ2) is 7.35. The lowest BCUT2D eigenvalue weighted by molar-refractivity contribution is 1.13. The van der Waals surface area contributed by atoms with E-state index in [1.54, 1.807) is 12.5 Å². The molecule has 0 bridgehead atoms. The lowest BCUT2D eigenvalue weighted by atomic mass is 10.0. The Morgan fingerprint density at radius 3 is 2.66 bits per heavy atom. The topological polar surface area (TPSA) is 66.5 Å². The highest BCUT2D eigenvalue weighted by molar-refractivity contribution is 6.35. The monoisotopic (exact) mass is 419 g/mol. The van der Waals surface area contributed by atoms with Gasteiger partial charge in [-0.15, -0.1) is 0 Å². The Labute approximate surface area is 176 Å². The number of H-pyrrole nitrogens is 1. The molecule has 5 rings (SSSR count). The van der Waals surface area contributed by atoms with Crippen LogP contribution in [0.2, 0.25) is 10.0 Å². The minimum Gasteiger partial charge on any atom is -0.379 e. The molecule has 7 heteroatoms. The molecule has 2 N–H and O–H groups in total. The average Bonchev–Trinajstić information content (AvgIpc) is 3.22. The van der Waals surface area contributed by atoms with Crippen LogP contribution in [0.4, 0.5) is 5.69 Å². The Hall–Kier alpha value is -3.15. The largest absolute Gasteiger partial charge is 0.379 e. The summed E-state index contributed by atoms with van der Waals surface area (Å²) in [5.41, 5.74) is 5.86. The van der Waals surface area contributed by atoms with Crippen molar-refractivity contribution in [3.8, 4) is 11.3 Å². The van der Waals surface area contributed by atoms with Crippen LogP contribution in [0.5, 0.6) is 0 Å². The highest BCUT2D eigenvalue weighted by Crippen LogP contribution is 2.33. The van der Waals surface area contributed by atoms with Crippen molar-refractivity contribution < 1.29 is 0 Å². The lowest BCUT2D eigenvalue weighted by Crippen LogP contribution is -2.04. The summed E-state index contributed by atoms with van der Waals surface area (Å²) < 4.78 is 0. The van der Waals surface area contributed by atoms with E-state index in [0.717, 1.165) is 44.6 Å². The normalized spacial score (nSPS) is 11.2. The highest BCUT2D eigenvalue weighted by atomic mass is 35.5. The summed E-state index contributed by atoms with van der Waals surface area (Å²) in [5.74, 6) is 0. The summed E-state index contributed by atoms with van der Waals surface area (Å²) in [7, 11) is 0. The predicted molar refractivity (Wildman–Crippen MR) is 118 cm³/mol. The molecule has 5 aromatic rings. The quantitative estimate of drug-likeness (QED) is 0.369. The number of rotatable bonds is 4. The Morgan fingerprint density at radius 2 is 1.76 bits per heavy atom. The number of imidazole rings is 1. The molecular weight excluding hydrogens is 405 g/mol. The number of hydrogen-bond donors (Lipinski definition) is 2. The second-order valence-electron chi connectivity index (χ2n) is 6.60. The van der Waals surface area contributed by atoms with Crippen LogP contribution in [0.3, 0.4) is 0 Å².